The van der Waals surface area contributed by atoms with E-state index >= 15 is 0 Å². The number of hydrogen-bond donors (Lipinski definition) is 2. The second-order valence-corrected chi connectivity index (χ2v) is 2.71. The van der Waals surface area contributed by atoms with Crippen molar-refractivity contribution >= 4 is 11.6 Å². The van der Waals surface area contributed by atoms with Gasteiger partial charge in [0.25, 0.3) is 0 Å². The van der Waals surface area contributed by atoms with E-state index in [0.717, 1.165) is 0 Å². The van der Waals surface area contributed by atoms with E-state index in [4.69, 9.17) is 10.4 Å². The van der Waals surface area contributed by atoms with Crippen LogP contribution in [0.5, 0.6) is 0 Å². The maximum atomic E-state index is 11.1. The zero-order chi connectivity index (χ0) is 10.4. The summed E-state index contributed by atoms with van der Waals surface area (Å²) in [4.78, 5) is 11.1. The lowest BCUT2D eigenvalue weighted by Gasteiger charge is -2.03. The molecule has 4 nitrogen and oxygen atoms in total. The van der Waals surface area contributed by atoms with Gasteiger partial charge >= 0.3 is 0 Å². The Morgan fingerprint density at radius 1 is 1.57 bits per heavy atom. The molecule has 14 heavy (non-hydrogen) atoms. The molecule has 0 heterocycles. The molecule has 2 N–H and O–H groups in total. The van der Waals surface area contributed by atoms with Crippen molar-refractivity contribution in [3.05, 3.63) is 29.8 Å². The molecular formula is C10H10N2O2. The molecule has 0 saturated carbocycles. The van der Waals surface area contributed by atoms with Gasteiger partial charge in [0, 0.05) is 5.69 Å². The Labute approximate surface area is 81.8 Å². The zero-order valence-corrected chi connectivity index (χ0v) is 7.53. The van der Waals surface area contributed by atoms with Crippen LogP contribution in [0, 0.1) is 11.3 Å². The van der Waals surface area contributed by atoms with Gasteiger partial charge < -0.3 is 10.4 Å². The molecule has 0 aliphatic rings. The fourth-order valence-electron chi connectivity index (χ4n) is 0.992. The van der Waals surface area contributed by atoms with Crippen LogP contribution in [0.15, 0.2) is 24.3 Å². The van der Waals surface area contributed by atoms with Gasteiger partial charge in [0.15, 0.2) is 0 Å². The zero-order valence-electron chi connectivity index (χ0n) is 7.53. The molecule has 0 atom stereocenters. The van der Waals surface area contributed by atoms with Gasteiger partial charge in [0.2, 0.25) is 5.91 Å². The smallest absolute Gasteiger partial charge is 0.226 e. The van der Waals surface area contributed by atoms with Gasteiger partial charge in [-0.1, -0.05) is 6.07 Å². The van der Waals surface area contributed by atoms with Gasteiger partial charge in [-0.15, -0.1) is 0 Å². The molecule has 0 aromatic heterocycles. The monoisotopic (exact) mass is 190 g/mol. The number of benzene rings is 1. The highest BCUT2D eigenvalue weighted by molar-refractivity contribution is 5.90. The number of carbonyl (C=O) groups excluding carboxylic acids is 1. The fourth-order valence-corrected chi connectivity index (χ4v) is 0.992. The van der Waals surface area contributed by atoms with Crippen molar-refractivity contribution < 1.29 is 9.90 Å². The Kier molecular flexibility index (Phi) is 3.65. The van der Waals surface area contributed by atoms with E-state index < -0.39 is 0 Å². The summed E-state index contributed by atoms with van der Waals surface area (Å²) in [5, 5.41) is 19.7. The molecule has 0 aliphatic carbocycles. The lowest BCUT2D eigenvalue weighted by molar-refractivity contribution is -0.116. The number of hydrogen-bond acceptors (Lipinski definition) is 3. The van der Waals surface area contributed by atoms with Gasteiger partial charge in [0.05, 0.1) is 24.7 Å². The van der Waals surface area contributed by atoms with Crippen LogP contribution in [0.1, 0.15) is 12.0 Å². The normalized spacial score (nSPS) is 9.14. The van der Waals surface area contributed by atoms with Crippen LogP contribution < -0.4 is 5.32 Å². The van der Waals surface area contributed by atoms with Crippen LogP contribution in [0.4, 0.5) is 5.69 Å². The van der Waals surface area contributed by atoms with E-state index in [-0.39, 0.29) is 18.9 Å². The third kappa shape index (κ3) is 2.88. The Morgan fingerprint density at radius 2 is 2.36 bits per heavy atom. The Morgan fingerprint density at radius 3 is 3.00 bits per heavy atom. The standard InChI is InChI=1S/C10H10N2O2/c11-7-8-2-1-3-9(6-8)12-10(14)4-5-13/h1-3,6,13H,4-5H2,(H,12,14). The summed E-state index contributed by atoms with van der Waals surface area (Å²) in [6.45, 7) is -0.177. The first-order valence-corrected chi connectivity index (χ1v) is 4.17. The molecule has 4 heteroatoms. The predicted octanol–water partition coefficient (Wildman–Crippen LogP) is 0.879. The van der Waals surface area contributed by atoms with E-state index in [1.807, 2.05) is 6.07 Å². The van der Waals surface area contributed by atoms with Gasteiger partial charge in [-0.05, 0) is 18.2 Å². The summed E-state index contributed by atoms with van der Waals surface area (Å²) in [6.07, 6.45) is 0.0663. The molecule has 0 radical (unpaired) electrons. The van der Waals surface area contributed by atoms with E-state index in [2.05, 4.69) is 5.32 Å². The molecule has 1 amide bonds. The summed E-state index contributed by atoms with van der Waals surface area (Å²) in [7, 11) is 0. The summed E-state index contributed by atoms with van der Waals surface area (Å²) < 4.78 is 0. The summed E-state index contributed by atoms with van der Waals surface area (Å²) in [5.74, 6) is -0.261. The Hall–Kier alpha value is -1.86. The largest absolute Gasteiger partial charge is 0.396 e. The maximum absolute atomic E-state index is 11.1. The Balaban J connectivity index is 2.68. The molecule has 0 fully saturated rings. The average Bonchev–Trinajstić information content (AvgIpc) is 2.18. The molecule has 1 aromatic rings. The third-order valence-electron chi connectivity index (χ3n) is 1.61. The minimum absolute atomic E-state index is 0.0663. The van der Waals surface area contributed by atoms with Gasteiger partial charge in [-0.2, -0.15) is 5.26 Å². The molecule has 0 unspecified atom stereocenters. The number of aliphatic hydroxyl groups excluding tert-OH is 1. The predicted molar refractivity (Wildman–Crippen MR) is 51.5 cm³/mol. The highest BCUT2D eigenvalue weighted by Gasteiger charge is 2.01. The lowest BCUT2D eigenvalue weighted by atomic mass is 10.2. The maximum Gasteiger partial charge on any atom is 0.226 e. The Bertz CT molecular complexity index is 369. The molecule has 1 rings (SSSR count). The minimum atomic E-state index is -0.261. The van der Waals surface area contributed by atoms with Gasteiger partial charge in [-0.3, -0.25) is 4.79 Å². The second-order valence-electron chi connectivity index (χ2n) is 2.71. The van der Waals surface area contributed by atoms with Crippen molar-refractivity contribution in [1.29, 1.82) is 5.26 Å². The lowest BCUT2D eigenvalue weighted by Crippen LogP contribution is -2.12. The summed E-state index contributed by atoms with van der Waals surface area (Å²) in [6, 6.07) is 8.58. The average molecular weight is 190 g/mol. The van der Waals surface area contributed by atoms with Gasteiger partial charge in [0.1, 0.15) is 0 Å². The van der Waals surface area contributed by atoms with Crippen molar-refractivity contribution in [3.63, 3.8) is 0 Å². The van der Waals surface area contributed by atoms with E-state index in [0.29, 0.717) is 11.3 Å². The topological polar surface area (TPSA) is 73.1 Å². The van der Waals surface area contributed by atoms with Crippen LogP contribution in [0.25, 0.3) is 0 Å². The number of amides is 1. The van der Waals surface area contributed by atoms with E-state index in [9.17, 15) is 4.79 Å². The number of rotatable bonds is 3. The summed E-state index contributed by atoms with van der Waals surface area (Å²) in [5.41, 5.74) is 1.06. The molecule has 1 aromatic carbocycles. The van der Waals surface area contributed by atoms with Crippen molar-refractivity contribution in [2.24, 2.45) is 0 Å². The van der Waals surface area contributed by atoms with E-state index in [1.165, 1.54) is 0 Å². The molecule has 0 spiro atoms. The quantitative estimate of drug-likeness (QED) is 0.743. The first-order chi connectivity index (χ1) is 6.76. The van der Waals surface area contributed by atoms with Crippen molar-refractivity contribution in [1.82, 2.24) is 0 Å². The van der Waals surface area contributed by atoms with Crippen LogP contribution in [0.2, 0.25) is 0 Å². The second kappa shape index (κ2) is 5.00. The first kappa shape index (κ1) is 10.2. The van der Waals surface area contributed by atoms with Crippen LogP contribution in [0.3, 0.4) is 0 Å². The molecular weight excluding hydrogens is 180 g/mol. The number of nitrogens with one attached hydrogen (secondary N) is 1. The number of nitrogens with zero attached hydrogens (tertiary/aromatic N) is 1. The number of nitriles is 1. The van der Waals surface area contributed by atoms with Gasteiger partial charge in [-0.25, -0.2) is 0 Å². The van der Waals surface area contributed by atoms with Crippen molar-refractivity contribution in [3.8, 4) is 6.07 Å². The molecule has 0 saturated heterocycles. The SMILES string of the molecule is N#Cc1cccc(NC(=O)CCO)c1. The molecule has 72 valence electrons. The van der Waals surface area contributed by atoms with Crippen LogP contribution in [-0.4, -0.2) is 17.6 Å². The minimum Gasteiger partial charge on any atom is -0.396 e. The number of anilines is 1. The van der Waals surface area contributed by atoms with E-state index in [1.54, 1.807) is 24.3 Å². The van der Waals surface area contributed by atoms with Crippen molar-refractivity contribution in [2.75, 3.05) is 11.9 Å². The molecule has 0 bridgehead atoms. The first-order valence-electron chi connectivity index (χ1n) is 4.17. The highest BCUT2D eigenvalue weighted by atomic mass is 16.3. The highest BCUT2D eigenvalue weighted by Crippen LogP contribution is 2.09. The van der Waals surface area contributed by atoms with Crippen LogP contribution in [-0.2, 0) is 4.79 Å². The third-order valence-corrected chi connectivity index (χ3v) is 1.61. The number of aliphatic hydroxyl groups is 1. The fraction of sp³-hybridized carbons (Fsp3) is 0.200. The molecule has 0 aliphatic heterocycles. The summed E-state index contributed by atoms with van der Waals surface area (Å²) >= 11 is 0. The number of carbonyl (C=O) groups is 1. The van der Waals surface area contributed by atoms with Crippen molar-refractivity contribution in [2.45, 2.75) is 6.42 Å². The van der Waals surface area contributed by atoms with Crippen LogP contribution >= 0.6 is 0 Å².